The summed E-state index contributed by atoms with van der Waals surface area (Å²) in [5.41, 5.74) is 1.31. The Morgan fingerprint density at radius 1 is 1.20 bits per heavy atom. The summed E-state index contributed by atoms with van der Waals surface area (Å²) in [7, 11) is 0. The van der Waals surface area contributed by atoms with Crippen molar-refractivity contribution in [2.45, 2.75) is 30.6 Å². The van der Waals surface area contributed by atoms with E-state index in [0.29, 0.717) is 28.0 Å². The highest BCUT2D eigenvalue weighted by Gasteiger charge is 2.19. The number of carbonyl (C=O) groups is 2. The van der Waals surface area contributed by atoms with Gasteiger partial charge < -0.3 is 15.4 Å². The van der Waals surface area contributed by atoms with Crippen molar-refractivity contribution in [3.63, 3.8) is 0 Å². The lowest BCUT2D eigenvalue weighted by Gasteiger charge is -2.10. The zero-order valence-corrected chi connectivity index (χ0v) is 17.6. The molecule has 3 heterocycles. The summed E-state index contributed by atoms with van der Waals surface area (Å²) in [6, 6.07) is 10.6. The molecule has 0 bridgehead atoms. The maximum absolute atomic E-state index is 12.3. The molecule has 0 spiro atoms. The third-order valence-electron chi connectivity index (χ3n) is 4.40. The van der Waals surface area contributed by atoms with Gasteiger partial charge in [-0.2, -0.15) is 0 Å². The Morgan fingerprint density at radius 3 is 2.70 bits per heavy atom. The quantitative estimate of drug-likeness (QED) is 0.514. The van der Waals surface area contributed by atoms with Crippen molar-refractivity contribution in [3.05, 3.63) is 46.7 Å². The van der Waals surface area contributed by atoms with Crippen molar-refractivity contribution < 1.29 is 14.3 Å². The second kappa shape index (κ2) is 9.83. The SMILES string of the molecule is O=C(CSc1nnnn1CC1CCCO1)Nc1ccc(NC(=O)c2cccs2)cc1. The average Bonchev–Trinajstić information content (AvgIpc) is 3.52. The van der Waals surface area contributed by atoms with Crippen LogP contribution in [0, 0.1) is 0 Å². The van der Waals surface area contributed by atoms with Gasteiger partial charge in [0.05, 0.1) is 23.3 Å². The first kappa shape index (κ1) is 20.5. The lowest BCUT2D eigenvalue weighted by molar-refractivity contribution is -0.113. The van der Waals surface area contributed by atoms with E-state index in [1.165, 1.54) is 23.1 Å². The van der Waals surface area contributed by atoms with Gasteiger partial charge in [0.25, 0.3) is 5.91 Å². The zero-order chi connectivity index (χ0) is 20.8. The number of amides is 2. The van der Waals surface area contributed by atoms with Crippen molar-refractivity contribution in [3.8, 4) is 0 Å². The van der Waals surface area contributed by atoms with Crippen LogP contribution in [0.4, 0.5) is 11.4 Å². The second-order valence-corrected chi connectivity index (χ2v) is 8.51. The fraction of sp³-hybridized carbons (Fsp3) is 0.316. The minimum absolute atomic E-state index is 0.125. The highest BCUT2D eigenvalue weighted by Crippen LogP contribution is 2.20. The molecule has 156 valence electrons. The first-order chi connectivity index (χ1) is 14.7. The van der Waals surface area contributed by atoms with Gasteiger partial charge in [0.2, 0.25) is 11.1 Å². The molecule has 2 amide bonds. The normalized spacial score (nSPS) is 15.8. The molecule has 2 aromatic heterocycles. The van der Waals surface area contributed by atoms with Crippen LogP contribution in [-0.2, 0) is 16.1 Å². The van der Waals surface area contributed by atoms with Gasteiger partial charge in [0.15, 0.2) is 0 Å². The summed E-state index contributed by atoms with van der Waals surface area (Å²) >= 11 is 2.66. The van der Waals surface area contributed by atoms with Crippen LogP contribution < -0.4 is 10.6 Å². The lowest BCUT2D eigenvalue weighted by atomic mass is 10.2. The van der Waals surface area contributed by atoms with Gasteiger partial charge in [-0.05, 0) is 59.0 Å². The molecule has 2 N–H and O–H groups in total. The molecule has 4 rings (SSSR count). The van der Waals surface area contributed by atoms with Gasteiger partial charge in [-0.1, -0.05) is 17.8 Å². The van der Waals surface area contributed by atoms with E-state index in [-0.39, 0.29) is 23.7 Å². The molecule has 1 saturated heterocycles. The summed E-state index contributed by atoms with van der Waals surface area (Å²) in [6.45, 7) is 1.36. The first-order valence-corrected chi connectivity index (χ1v) is 11.3. The van der Waals surface area contributed by atoms with Crippen molar-refractivity contribution in [1.29, 1.82) is 0 Å². The number of hydrogen-bond acceptors (Lipinski definition) is 8. The number of ether oxygens (including phenoxy) is 1. The number of anilines is 2. The Bertz CT molecular complexity index is 984. The summed E-state index contributed by atoms with van der Waals surface area (Å²) in [4.78, 5) is 25.0. The number of nitrogens with zero attached hydrogens (tertiary/aromatic N) is 4. The molecule has 9 nitrogen and oxygen atoms in total. The van der Waals surface area contributed by atoms with Gasteiger partial charge in [0, 0.05) is 18.0 Å². The summed E-state index contributed by atoms with van der Waals surface area (Å²) < 4.78 is 7.29. The first-order valence-electron chi connectivity index (χ1n) is 9.43. The molecule has 1 atom stereocenters. The molecular weight excluding hydrogens is 424 g/mol. The molecule has 0 saturated carbocycles. The van der Waals surface area contributed by atoms with E-state index in [1.54, 1.807) is 35.0 Å². The van der Waals surface area contributed by atoms with E-state index in [1.807, 2.05) is 11.4 Å². The van der Waals surface area contributed by atoms with Gasteiger partial charge in [-0.3, -0.25) is 9.59 Å². The van der Waals surface area contributed by atoms with Crippen LogP contribution in [0.5, 0.6) is 0 Å². The Morgan fingerprint density at radius 2 is 2.00 bits per heavy atom. The molecule has 1 aromatic carbocycles. The minimum Gasteiger partial charge on any atom is -0.376 e. The summed E-state index contributed by atoms with van der Waals surface area (Å²) in [5.74, 6) is -0.135. The fourth-order valence-corrected chi connectivity index (χ4v) is 4.27. The third-order valence-corrected chi connectivity index (χ3v) is 6.23. The van der Waals surface area contributed by atoms with Crippen LogP contribution >= 0.6 is 23.1 Å². The van der Waals surface area contributed by atoms with E-state index >= 15 is 0 Å². The molecule has 1 unspecified atom stereocenters. The van der Waals surface area contributed by atoms with Gasteiger partial charge >= 0.3 is 0 Å². The largest absolute Gasteiger partial charge is 0.376 e. The van der Waals surface area contributed by atoms with E-state index in [9.17, 15) is 9.59 Å². The summed E-state index contributed by atoms with van der Waals surface area (Å²) in [5, 5.41) is 19.8. The maximum Gasteiger partial charge on any atom is 0.265 e. The van der Waals surface area contributed by atoms with Gasteiger partial charge in [-0.15, -0.1) is 16.4 Å². The second-order valence-electron chi connectivity index (χ2n) is 6.62. The number of aromatic nitrogens is 4. The third kappa shape index (κ3) is 5.43. The predicted molar refractivity (Wildman–Crippen MR) is 115 cm³/mol. The minimum atomic E-state index is -0.165. The van der Waals surface area contributed by atoms with Crippen molar-refractivity contribution >= 4 is 46.3 Å². The number of thioether (sulfide) groups is 1. The molecule has 30 heavy (non-hydrogen) atoms. The fourth-order valence-electron chi connectivity index (χ4n) is 2.96. The Labute approximate surface area is 181 Å². The Hall–Kier alpha value is -2.76. The molecule has 0 radical (unpaired) electrons. The van der Waals surface area contributed by atoms with E-state index in [2.05, 4.69) is 26.2 Å². The lowest BCUT2D eigenvalue weighted by Crippen LogP contribution is -2.18. The van der Waals surface area contributed by atoms with E-state index in [4.69, 9.17) is 4.74 Å². The molecule has 1 aliphatic heterocycles. The molecule has 1 fully saturated rings. The Kier molecular flexibility index (Phi) is 6.72. The van der Waals surface area contributed by atoms with Crippen LogP contribution in [0.3, 0.4) is 0 Å². The van der Waals surface area contributed by atoms with E-state index in [0.717, 1.165) is 19.4 Å². The number of rotatable bonds is 8. The van der Waals surface area contributed by atoms with Crippen LogP contribution in [0.25, 0.3) is 0 Å². The number of benzene rings is 1. The molecule has 11 heteroatoms. The van der Waals surface area contributed by atoms with Crippen LogP contribution in [0.15, 0.2) is 46.9 Å². The highest BCUT2D eigenvalue weighted by atomic mass is 32.2. The van der Waals surface area contributed by atoms with Gasteiger partial charge in [0.1, 0.15) is 0 Å². The van der Waals surface area contributed by atoms with Gasteiger partial charge in [-0.25, -0.2) is 4.68 Å². The highest BCUT2D eigenvalue weighted by molar-refractivity contribution is 7.99. The predicted octanol–water partition coefficient (Wildman–Crippen LogP) is 2.90. The monoisotopic (exact) mass is 444 g/mol. The zero-order valence-electron chi connectivity index (χ0n) is 16.0. The number of thiophene rings is 1. The number of carbonyl (C=O) groups excluding carboxylic acids is 2. The van der Waals surface area contributed by atoms with Crippen molar-refractivity contribution in [1.82, 2.24) is 20.2 Å². The molecule has 1 aliphatic rings. The van der Waals surface area contributed by atoms with Crippen LogP contribution in [0.2, 0.25) is 0 Å². The molecular formula is C19H20N6O3S2. The van der Waals surface area contributed by atoms with Crippen molar-refractivity contribution in [2.75, 3.05) is 23.0 Å². The number of hydrogen-bond donors (Lipinski definition) is 2. The van der Waals surface area contributed by atoms with E-state index < -0.39 is 0 Å². The molecule has 0 aliphatic carbocycles. The Balaban J connectivity index is 1.25. The van der Waals surface area contributed by atoms with Crippen LogP contribution in [0.1, 0.15) is 22.5 Å². The van der Waals surface area contributed by atoms with Crippen LogP contribution in [-0.4, -0.2) is 50.5 Å². The standard InChI is InChI=1S/C19H20N6O3S2/c26-17(12-30-19-22-23-24-25(19)11-15-3-1-9-28-15)20-13-5-7-14(8-6-13)21-18(27)16-4-2-10-29-16/h2,4-8,10,15H,1,3,9,11-12H2,(H,20,26)(H,21,27). The number of nitrogens with one attached hydrogen (secondary N) is 2. The van der Waals surface area contributed by atoms with Crippen molar-refractivity contribution in [2.24, 2.45) is 0 Å². The maximum atomic E-state index is 12.3. The smallest absolute Gasteiger partial charge is 0.265 e. The average molecular weight is 445 g/mol. The number of tetrazole rings is 1. The summed E-state index contributed by atoms with van der Waals surface area (Å²) in [6.07, 6.45) is 2.17. The molecule has 3 aromatic rings. The topological polar surface area (TPSA) is 111 Å².